The molecule has 0 aliphatic carbocycles. The number of nitriles is 1. The van der Waals surface area contributed by atoms with Crippen LogP contribution in [0.1, 0.15) is 6.42 Å². The second kappa shape index (κ2) is 7.48. The fourth-order valence-corrected chi connectivity index (χ4v) is 0.578. The van der Waals surface area contributed by atoms with Gasteiger partial charge in [-0.05, 0) is 0 Å². The van der Waals surface area contributed by atoms with Crippen molar-refractivity contribution < 1.29 is 14.6 Å². The molecule has 1 unspecified atom stereocenters. The molecule has 0 rings (SSSR count). The monoisotopic (exact) mass is 159 g/mol. The zero-order valence-electron chi connectivity index (χ0n) is 6.62. The molecule has 4 nitrogen and oxygen atoms in total. The summed E-state index contributed by atoms with van der Waals surface area (Å²) in [6.07, 6.45) is -0.224. The van der Waals surface area contributed by atoms with E-state index in [1.165, 1.54) is 7.11 Å². The predicted molar refractivity (Wildman–Crippen MR) is 38.9 cm³/mol. The Labute approximate surface area is 66.3 Å². The number of aliphatic hydroxyl groups is 1. The van der Waals surface area contributed by atoms with Gasteiger partial charge in [-0.25, -0.2) is 0 Å². The lowest BCUT2D eigenvalue weighted by Crippen LogP contribution is -2.20. The van der Waals surface area contributed by atoms with E-state index in [4.69, 9.17) is 15.1 Å². The summed E-state index contributed by atoms with van der Waals surface area (Å²) in [7, 11) is 1.51. The molecule has 0 aromatic carbocycles. The van der Waals surface area contributed by atoms with Crippen LogP contribution in [-0.2, 0) is 9.47 Å². The summed E-state index contributed by atoms with van der Waals surface area (Å²) >= 11 is 0. The second-order valence-corrected chi connectivity index (χ2v) is 2.09. The minimum atomic E-state index is -0.585. The fraction of sp³-hybridized carbons (Fsp3) is 0.857. The average molecular weight is 159 g/mol. The number of rotatable bonds is 6. The highest BCUT2D eigenvalue weighted by atomic mass is 16.5. The van der Waals surface area contributed by atoms with Gasteiger partial charge >= 0.3 is 0 Å². The van der Waals surface area contributed by atoms with Crippen LogP contribution in [0.25, 0.3) is 0 Å². The number of methoxy groups -OCH3 is 1. The van der Waals surface area contributed by atoms with E-state index in [0.29, 0.717) is 13.0 Å². The van der Waals surface area contributed by atoms with E-state index in [0.717, 1.165) is 0 Å². The number of aliphatic hydroxyl groups excluding tert-OH is 1. The number of ether oxygens (including phenoxy) is 2. The van der Waals surface area contributed by atoms with Gasteiger partial charge in [-0.3, -0.25) is 0 Å². The van der Waals surface area contributed by atoms with E-state index in [2.05, 4.69) is 4.74 Å². The van der Waals surface area contributed by atoms with E-state index in [1.807, 2.05) is 6.07 Å². The fourth-order valence-electron chi connectivity index (χ4n) is 0.578. The third kappa shape index (κ3) is 7.26. The topological polar surface area (TPSA) is 62.5 Å². The molecule has 0 spiro atoms. The van der Waals surface area contributed by atoms with E-state index < -0.39 is 6.10 Å². The van der Waals surface area contributed by atoms with Crippen LogP contribution in [0.3, 0.4) is 0 Å². The van der Waals surface area contributed by atoms with Gasteiger partial charge in [0.05, 0.1) is 32.3 Å². The molecule has 0 amide bonds. The normalized spacial score (nSPS) is 12.5. The van der Waals surface area contributed by atoms with Crippen molar-refractivity contribution in [2.45, 2.75) is 12.5 Å². The molecule has 1 N–H and O–H groups in total. The Morgan fingerprint density at radius 3 is 2.82 bits per heavy atom. The average Bonchev–Trinajstić information content (AvgIpc) is 1.99. The lowest BCUT2D eigenvalue weighted by atomic mass is 10.4. The van der Waals surface area contributed by atoms with Gasteiger partial charge in [0.15, 0.2) is 0 Å². The van der Waals surface area contributed by atoms with Gasteiger partial charge in [0, 0.05) is 7.11 Å². The quantitative estimate of drug-likeness (QED) is 0.551. The van der Waals surface area contributed by atoms with Crippen LogP contribution >= 0.6 is 0 Å². The Bertz CT molecular complexity index is 121. The molecule has 0 saturated carbocycles. The van der Waals surface area contributed by atoms with Gasteiger partial charge in [-0.15, -0.1) is 0 Å². The van der Waals surface area contributed by atoms with Crippen molar-refractivity contribution >= 4 is 0 Å². The molecule has 0 aliphatic heterocycles. The third-order valence-corrected chi connectivity index (χ3v) is 1.03. The minimum absolute atomic E-state index is 0.232. The van der Waals surface area contributed by atoms with Gasteiger partial charge < -0.3 is 14.6 Å². The highest BCUT2D eigenvalue weighted by Crippen LogP contribution is 1.87. The van der Waals surface area contributed by atoms with Crippen LogP contribution in [0.4, 0.5) is 0 Å². The van der Waals surface area contributed by atoms with Crippen molar-refractivity contribution in [3.05, 3.63) is 0 Å². The summed E-state index contributed by atoms with van der Waals surface area (Å²) in [5.74, 6) is 0. The summed E-state index contributed by atoms with van der Waals surface area (Å²) in [4.78, 5) is 0. The highest BCUT2D eigenvalue weighted by Gasteiger charge is 2.01. The summed E-state index contributed by atoms with van der Waals surface area (Å²) < 4.78 is 9.60. The van der Waals surface area contributed by atoms with Crippen LogP contribution in [0, 0.1) is 11.3 Å². The molecule has 0 aromatic heterocycles. The van der Waals surface area contributed by atoms with Crippen LogP contribution in [-0.4, -0.2) is 38.1 Å². The number of hydrogen-bond donors (Lipinski definition) is 1. The SMILES string of the molecule is COCC(O)COCCC#N. The van der Waals surface area contributed by atoms with Crippen LogP contribution in [0.2, 0.25) is 0 Å². The smallest absolute Gasteiger partial charge is 0.101 e. The molecule has 0 fully saturated rings. The van der Waals surface area contributed by atoms with Crippen molar-refractivity contribution in [1.29, 1.82) is 5.26 Å². The molecule has 11 heavy (non-hydrogen) atoms. The van der Waals surface area contributed by atoms with Gasteiger partial charge in [0.1, 0.15) is 6.10 Å². The largest absolute Gasteiger partial charge is 0.388 e. The van der Waals surface area contributed by atoms with Crippen molar-refractivity contribution in [1.82, 2.24) is 0 Å². The zero-order chi connectivity index (χ0) is 8.53. The van der Waals surface area contributed by atoms with Gasteiger partial charge in [0.25, 0.3) is 0 Å². The maximum absolute atomic E-state index is 9.02. The molecule has 0 heterocycles. The third-order valence-electron chi connectivity index (χ3n) is 1.03. The molecular formula is C7H13NO3. The van der Waals surface area contributed by atoms with Crippen LogP contribution < -0.4 is 0 Å². The highest BCUT2D eigenvalue weighted by molar-refractivity contribution is 4.67. The molecule has 1 atom stereocenters. The Morgan fingerprint density at radius 2 is 2.27 bits per heavy atom. The number of hydrogen-bond acceptors (Lipinski definition) is 4. The van der Waals surface area contributed by atoms with E-state index in [1.54, 1.807) is 0 Å². The first kappa shape index (κ1) is 10.4. The first-order valence-corrected chi connectivity index (χ1v) is 3.43. The molecule has 4 heteroatoms. The maximum Gasteiger partial charge on any atom is 0.101 e. The van der Waals surface area contributed by atoms with Crippen LogP contribution in [0.15, 0.2) is 0 Å². The molecule has 0 aromatic rings. The molecule has 0 bridgehead atoms. The predicted octanol–water partition coefficient (Wildman–Crippen LogP) is -0.0760. The summed E-state index contributed by atoms with van der Waals surface area (Å²) in [5, 5.41) is 17.1. The second-order valence-electron chi connectivity index (χ2n) is 2.09. The maximum atomic E-state index is 9.02. The molecule has 0 saturated heterocycles. The lowest BCUT2D eigenvalue weighted by molar-refractivity contribution is -0.00462. The molecule has 0 aliphatic rings. The van der Waals surface area contributed by atoms with Crippen molar-refractivity contribution in [2.24, 2.45) is 0 Å². The summed E-state index contributed by atoms with van der Waals surface area (Å²) in [6, 6.07) is 1.94. The van der Waals surface area contributed by atoms with Crippen LogP contribution in [0.5, 0.6) is 0 Å². The Balaban J connectivity index is 3.05. The van der Waals surface area contributed by atoms with E-state index in [-0.39, 0.29) is 13.2 Å². The Hall–Kier alpha value is -0.630. The molecular weight excluding hydrogens is 146 g/mol. The van der Waals surface area contributed by atoms with E-state index >= 15 is 0 Å². The molecule has 64 valence electrons. The standard InChI is InChI=1S/C7H13NO3/c1-10-5-7(9)6-11-4-2-3-8/h7,9H,2,4-6H2,1H3. The summed E-state index contributed by atoms with van der Waals surface area (Å²) in [5.41, 5.74) is 0. The summed E-state index contributed by atoms with van der Waals surface area (Å²) in [6.45, 7) is 0.874. The minimum Gasteiger partial charge on any atom is -0.388 e. The Kier molecular flexibility index (Phi) is 7.05. The number of nitrogens with zero attached hydrogens (tertiary/aromatic N) is 1. The van der Waals surface area contributed by atoms with Crippen molar-refractivity contribution in [2.75, 3.05) is 26.9 Å². The van der Waals surface area contributed by atoms with Gasteiger partial charge in [0.2, 0.25) is 0 Å². The Morgan fingerprint density at radius 1 is 1.55 bits per heavy atom. The molecule has 0 radical (unpaired) electrons. The van der Waals surface area contributed by atoms with Gasteiger partial charge in [-0.1, -0.05) is 0 Å². The zero-order valence-corrected chi connectivity index (χ0v) is 6.62. The first-order valence-electron chi connectivity index (χ1n) is 3.43. The van der Waals surface area contributed by atoms with Crippen molar-refractivity contribution in [3.8, 4) is 6.07 Å². The van der Waals surface area contributed by atoms with Gasteiger partial charge in [-0.2, -0.15) is 5.26 Å². The first-order chi connectivity index (χ1) is 5.31. The van der Waals surface area contributed by atoms with E-state index in [9.17, 15) is 0 Å². The van der Waals surface area contributed by atoms with Crippen molar-refractivity contribution in [3.63, 3.8) is 0 Å². The lowest BCUT2D eigenvalue weighted by Gasteiger charge is -2.08.